The fraction of sp³-hybridized carbons (Fsp3) is 0.300. The second-order valence-electron chi connectivity index (χ2n) is 7.25. The fourth-order valence-corrected chi connectivity index (χ4v) is 4.61. The van der Waals surface area contributed by atoms with Crippen LogP contribution in [0.3, 0.4) is 0 Å². The SMILES string of the molecule is O=C1CC=Nc2c1csc2OC1CN(C(=O)N2N=CCC2c2cc(F)cc(F)c2)C1. The van der Waals surface area contributed by atoms with E-state index in [0.717, 1.165) is 6.07 Å². The van der Waals surface area contributed by atoms with Crippen LogP contribution in [0.25, 0.3) is 0 Å². The molecule has 0 bridgehead atoms. The maximum Gasteiger partial charge on any atom is 0.341 e. The van der Waals surface area contributed by atoms with Crippen LogP contribution in [0.1, 0.15) is 34.8 Å². The molecule has 3 aliphatic rings. The zero-order valence-corrected chi connectivity index (χ0v) is 16.4. The number of nitrogens with zero attached hydrogens (tertiary/aromatic N) is 4. The molecule has 4 heterocycles. The quantitative estimate of drug-likeness (QED) is 0.741. The van der Waals surface area contributed by atoms with E-state index in [2.05, 4.69) is 10.1 Å². The number of likely N-dealkylation sites (tertiary alicyclic amines) is 1. The third-order valence-electron chi connectivity index (χ3n) is 5.22. The van der Waals surface area contributed by atoms with E-state index in [-0.39, 0.29) is 17.9 Å². The van der Waals surface area contributed by atoms with Gasteiger partial charge in [0.15, 0.2) is 5.78 Å². The van der Waals surface area contributed by atoms with Crippen LogP contribution in [-0.4, -0.2) is 53.3 Å². The molecule has 5 rings (SSSR count). The molecule has 0 radical (unpaired) electrons. The standard InChI is InChI=1S/C20H16F2N4O3S/c21-12-5-11(6-13(22)7-12)16-1-4-24-26(16)20(28)25-8-14(9-25)29-19-18-15(10-30-19)17(27)2-3-23-18/h3-7,10,14,16H,1-2,8-9H2. The highest BCUT2D eigenvalue weighted by atomic mass is 32.1. The van der Waals surface area contributed by atoms with Crippen molar-refractivity contribution in [2.45, 2.75) is 25.0 Å². The van der Waals surface area contributed by atoms with Crippen molar-refractivity contribution in [3.05, 3.63) is 46.3 Å². The van der Waals surface area contributed by atoms with E-state index in [1.54, 1.807) is 22.7 Å². The number of carbonyl (C=O) groups is 2. The van der Waals surface area contributed by atoms with Crippen molar-refractivity contribution >= 4 is 41.3 Å². The van der Waals surface area contributed by atoms with Crippen molar-refractivity contribution in [1.82, 2.24) is 9.91 Å². The first-order valence-electron chi connectivity index (χ1n) is 9.40. The highest BCUT2D eigenvalue weighted by Crippen LogP contribution is 2.42. The summed E-state index contributed by atoms with van der Waals surface area (Å²) in [6.07, 6.45) is 3.59. The minimum absolute atomic E-state index is 0.0169. The predicted octanol–water partition coefficient (Wildman–Crippen LogP) is 3.93. The Bertz CT molecular complexity index is 1070. The number of halogens is 2. The molecule has 2 amide bonds. The van der Waals surface area contributed by atoms with Crippen LogP contribution in [0.5, 0.6) is 5.06 Å². The molecule has 30 heavy (non-hydrogen) atoms. The van der Waals surface area contributed by atoms with Gasteiger partial charge < -0.3 is 9.64 Å². The van der Waals surface area contributed by atoms with Crippen LogP contribution < -0.4 is 4.74 Å². The van der Waals surface area contributed by atoms with Gasteiger partial charge in [0.1, 0.15) is 23.4 Å². The number of urea groups is 1. The van der Waals surface area contributed by atoms with E-state index in [1.165, 1.54) is 28.5 Å². The molecule has 0 saturated carbocycles. The maximum atomic E-state index is 13.6. The molecule has 1 atom stereocenters. The van der Waals surface area contributed by atoms with Crippen LogP contribution in [0, 0.1) is 11.6 Å². The Balaban J connectivity index is 1.23. The third kappa shape index (κ3) is 3.26. The monoisotopic (exact) mass is 430 g/mol. The lowest BCUT2D eigenvalue weighted by atomic mass is 10.0. The average molecular weight is 430 g/mol. The number of hydrogen-bond acceptors (Lipinski definition) is 6. The Hall–Kier alpha value is -3.14. The number of benzene rings is 1. The number of hydrazone groups is 1. The van der Waals surface area contributed by atoms with Crippen LogP contribution in [0.2, 0.25) is 0 Å². The van der Waals surface area contributed by atoms with Gasteiger partial charge in [-0.25, -0.2) is 18.6 Å². The van der Waals surface area contributed by atoms with Crippen molar-refractivity contribution < 1.29 is 23.1 Å². The molecule has 1 saturated heterocycles. The largest absolute Gasteiger partial charge is 0.475 e. The van der Waals surface area contributed by atoms with Gasteiger partial charge in [0.25, 0.3) is 0 Å². The van der Waals surface area contributed by atoms with E-state index in [1.807, 2.05) is 0 Å². The summed E-state index contributed by atoms with van der Waals surface area (Å²) < 4.78 is 33.1. The van der Waals surface area contributed by atoms with Gasteiger partial charge >= 0.3 is 6.03 Å². The smallest absolute Gasteiger partial charge is 0.341 e. The second kappa shape index (κ2) is 7.28. The topological polar surface area (TPSA) is 74.6 Å². The van der Waals surface area contributed by atoms with Gasteiger partial charge in [-0.2, -0.15) is 5.10 Å². The fourth-order valence-electron chi connectivity index (χ4n) is 3.68. The maximum absolute atomic E-state index is 13.6. The summed E-state index contributed by atoms with van der Waals surface area (Å²) >= 11 is 1.32. The first kappa shape index (κ1) is 18.9. The molecule has 1 unspecified atom stereocenters. The molecule has 7 nitrogen and oxygen atoms in total. The van der Waals surface area contributed by atoms with Crippen molar-refractivity contribution in [2.75, 3.05) is 13.1 Å². The van der Waals surface area contributed by atoms with E-state index in [9.17, 15) is 18.4 Å². The lowest BCUT2D eigenvalue weighted by Crippen LogP contribution is -2.58. The zero-order chi connectivity index (χ0) is 20.8. The number of aliphatic imine (C=N–C) groups is 1. The second-order valence-corrected chi connectivity index (χ2v) is 8.09. The van der Waals surface area contributed by atoms with E-state index in [4.69, 9.17) is 4.74 Å². The number of ketones is 1. The summed E-state index contributed by atoms with van der Waals surface area (Å²) in [7, 11) is 0. The molecule has 3 aliphatic heterocycles. The first-order valence-corrected chi connectivity index (χ1v) is 10.3. The highest BCUT2D eigenvalue weighted by molar-refractivity contribution is 7.12. The summed E-state index contributed by atoms with van der Waals surface area (Å²) in [5, 5.41) is 7.66. The van der Waals surface area contributed by atoms with Gasteiger partial charge in [0.2, 0.25) is 5.06 Å². The van der Waals surface area contributed by atoms with Crippen molar-refractivity contribution in [2.24, 2.45) is 10.1 Å². The van der Waals surface area contributed by atoms with Gasteiger partial charge in [-0.1, -0.05) is 0 Å². The average Bonchev–Trinajstić information content (AvgIpc) is 3.31. The summed E-state index contributed by atoms with van der Waals surface area (Å²) in [6.45, 7) is 0.693. The number of amides is 2. The summed E-state index contributed by atoms with van der Waals surface area (Å²) in [5.74, 6) is -1.37. The minimum atomic E-state index is -0.692. The minimum Gasteiger partial charge on any atom is -0.475 e. The molecule has 0 aliphatic carbocycles. The molecule has 0 spiro atoms. The van der Waals surface area contributed by atoms with Crippen LogP contribution in [0.15, 0.2) is 33.7 Å². The number of fused-ring (bicyclic) bond motifs is 1. The Morgan fingerprint density at radius 2 is 1.93 bits per heavy atom. The summed E-state index contributed by atoms with van der Waals surface area (Å²) in [4.78, 5) is 30.5. The number of Topliss-reactive ketones (excluding diaryl/α,β-unsaturated/α-hetero) is 1. The number of ether oxygens (including phenoxy) is 1. The Morgan fingerprint density at radius 1 is 1.17 bits per heavy atom. The van der Waals surface area contributed by atoms with Crippen molar-refractivity contribution in [3.63, 3.8) is 0 Å². The number of carbonyl (C=O) groups excluding carboxylic acids is 2. The molecule has 154 valence electrons. The van der Waals surface area contributed by atoms with Gasteiger partial charge in [0, 0.05) is 36.7 Å². The molecule has 10 heteroatoms. The van der Waals surface area contributed by atoms with E-state index >= 15 is 0 Å². The highest BCUT2D eigenvalue weighted by Gasteiger charge is 2.39. The van der Waals surface area contributed by atoms with Gasteiger partial charge in [0.05, 0.1) is 24.7 Å². The zero-order valence-electron chi connectivity index (χ0n) is 15.6. The normalized spacial score (nSPS) is 20.5. The molecule has 1 aromatic carbocycles. The summed E-state index contributed by atoms with van der Waals surface area (Å²) in [5.41, 5.74) is 1.49. The van der Waals surface area contributed by atoms with Gasteiger partial charge in [-0.05, 0) is 17.7 Å². The van der Waals surface area contributed by atoms with Crippen LogP contribution in [0.4, 0.5) is 19.3 Å². The third-order valence-corrected chi connectivity index (χ3v) is 6.07. The molecule has 1 fully saturated rings. The Labute approximate surface area is 174 Å². The first-order chi connectivity index (χ1) is 14.5. The van der Waals surface area contributed by atoms with Gasteiger partial charge in [-0.3, -0.25) is 9.79 Å². The lowest BCUT2D eigenvalue weighted by Gasteiger charge is -2.40. The van der Waals surface area contributed by atoms with Crippen molar-refractivity contribution in [3.8, 4) is 5.06 Å². The van der Waals surface area contributed by atoms with Crippen LogP contribution >= 0.6 is 11.3 Å². The van der Waals surface area contributed by atoms with Crippen LogP contribution in [-0.2, 0) is 0 Å². The Kier molecular flexibility index (Phi) is 4.58. The number of rotatable bonds is 3. The predicted molar refractivity (Wildman–Crippen MR) is 107 cm³/mol. The lowest BCUT2D eigenvalue weighted by molar-refractivity contribution is 0.0300. The molecular formula is C20H16F2N4O3S. The number of thiophene rings is 1. The summed E-state index contributed by atoms with van der Waals surface area (Å²) in [6, 6.07) is 2.33. The molecular weight excluding hydrogens is 414 g/mol. The molecule has 1 aromatic heterocycles. The van der Waals surface area contributed by atoms with E-state index in [0.29, 0.717) is 47.8 Å². The van der Waals surface area contributed by atoms with E-state index < -0.39 is 17.7 Å². The number of hydrogen-bond donors (Lipinski definition) is 0. The molecule has 0 N–H and O–H groups in total. The Morgan fingerprint density at radius 3 is 2.70 bits per heavy atom. The van der Waals surface area contributed by atoms with Crippen molar-refractivity contribution in [1.29, 1.82) is 0 Å². The molecule has 2 aromatic rings. The van der Waals surface area contributed by atoms with Gasteiger partial charge in [-0.15, -0.1) is 11.3 Å².